The molecule has 0 aliphatic carbocycles. The summed E-state index contributed by atoms with van der Waals surface area (Å²) in [6, 6.07) is 15.7. The summed E-state index contributed by atoms with van der Waals surface area (Å²) in [6.45, 7) is 2.60. The Morgan fingerprint density at radius 2 is 1.96 bits per heavy atom. The molecule has 0 radical (unpaired) electrons. The number of non-ortho nitro benzene ring substituents is 1. The first-order valence-electron chi connectivity index (χ1n) is 7.77. The van der Waals surface area contributed by atoms with Crippen LogP contribution in [0.4, 0.5) is 5.69 Å². The smallest absolute Gasteiger partial charge is 0.307 e. The van der Waals surface area contributed by atoms with Gasteiger partial charge in [-0.05, 0) is 18.1 Å². The first-order chi connectivity index (χ1) is 11.6. The zero-order chi connectivity index (χ0) is 17.4. The minimum Gasteiger partial charge on any atom is -0.466 e. The van der Waals surface area contributed by atoms with E-state index in [1.54, 1.807) is 19.1 Å². The van der Waals surface area contributed by atoms with Crippen molar-refractivity contribution in [1.29, 1.82) is 0 Å². The summed E-state index contributed by atoms with van der Waals surface area (Å²) < 4.78 is 5.01. The van der Waals surface area contributed by atoms with Gasteiger partial charge < -0.3 is 10.1 Å². The summed E-state index contributed by atoms with van der Waals surface area (Å²) in [6.07, 6.45) is 0.113. The van der Waals surface area contributed by atoms with Crippen LogP contribution in [0.3, 0.4) is 0 Å². The highest BCUT2D eigenvalue weighted by molar-refractivity contribution is 5.70. The predicted molar refractivity (Wildman–Crippen MR) is 90.4 cm³/mol. The lowest BCUT2D eigenvalue weighted by Gasteiger charge is -2.18. The van der Waals surface area contributed by atoms with Gasteiger partial charge in [-0.25, -0.2) is 0 Å². The number of ether oxygens (including phenoxy) is 1. The van der Waals surface area contributed by atoms with Gasteiger partial charge in [-0.1, -0.05) is 42.5 Å². The third kappa shape index (κ3) is 5.17. The van der Waals surface area contributed by atoms with Crippen LogP contribution in [0.1, 0.15) is 30.5 Å². The number of carbonyl (C=O) groups excluding carboxylic acids is 1. The molecule has 0 aromatic heterocycles. The van der Waals surface area contributed by atoms with Crippen LogP contribution >= 0.6 is 0 Å². The van der Waals surface area contributed by atoms with Crippen molar-refractivity contribution in [1.82, 2.24) is 5.32 Å². The van der Waals surface area contributed by atoms with Crippen LogP contribution < -0.4 is 5.32 Å². The molecule has 6 nitrogen and oxygen atoms in total. The molecule has 0 aliphatic heterocycles. The van der Waals surface area contributed by atoms with Crippen LogP contribution in [0.25, 0.3) is 0 Å². The molecule has 24 heavy (non-hydrogen) atoms. The molecule has 0 bridgehead atoms. The van der Waals surface area contributed by atoms with Gasteiger partial charge in [0, 0.05) is 24.7 Å². The zero-order valence-electron chi connectivity index (χ0n) is 13.5. The quantitative estimate of drug-likeness (QED) is 0.456. The van der Waals surface area contributed by atoms with E-state index < -0.39 is 4.92 Å². The lowest BCUT2D eigenvalue weighted by Crippen LogP contribution is -2.24. The van der Waals surface area contributed by atoms with Crippen LogP contribution in [-0.4, -0.2) is 17.5 Å². The van der Waals surface area contributed by atoms with E-state index in [9.17, 15) is 14.9 Å². The van der Waals surface area contributed by atoms with Crippen LogP contribution in [0.5, 0.6) is 0 Å². The molecular formula is C18H20N2O4. The summed E-state index contributed by atoms with van der Waals surface area (Å²) in [5.41, 5.74) is 1.76. The Balaban J connectivity index is 2.16. The van der Waals surface area contributed by atoms with Gasteiger partial charge in [0.2, 0.25) is 0 Å². The predicted octanol–water partition coefficient (Wildman–Crippen LogP) is 3.38. The SMILES string of the molecule is CCOC(=O)CC(NCc1ccccc1)c1cccc([N+](=O)[O-])c1. The van der Waals surface area contributed by atoms with Crippen LogP contribution in [0, 0.1) is 10.1 Å². The standard InChI is InChI=1S/C18H20N2O4/c1-2-24-18(21)12-17(19-13-14-7-4-3-5-8-14)15-9-6-10-16(11-15)20(22)23/h3-11,17,19H,2,12-13H2,1H3. The maximum Gasteiger partial charge on any atom is 0.307 e. The number of nitro benzene ring substituents is 1. The van der Waals surface area contributed by atoms with Crippen molar-refractivity contribution in [3.63, 3.8) is 0 Å². The zero-order valence-corrected chi connectivity index (χ0v) is 13.5. The fourth-order valence-electron chi connectivity index (χ4n) is 2.39. The monoisotopic (exact) mass is 328 g/mol. The van der Waals surface area contributed by atoms with Crippen molar-refractivity contribution in [2.75, 3.05) is 6.61 Å². The van der Waals surface area contributed by atoms with Crippen molar-refractivity contribution >= 4 is 11.7 Å². The van der Waals surface area contributed by atoms with Gasteiger partial charge in [0.15, 0.2) is 0 Å². The first-order valence-corrected chi connectivity index (χ1v) is 7.77. The highest BCUT2D eigenvalue weighted by Gasteiger charge is 2.19. The maximum atomic E-state index is 11.9. The minimum atomic E-state index is -0.442. The number of nitrogens with one attached hydrogen (secondary N) is 1. The molecule has 0 spiro atoms. The van der Waals surface area contributed by atoms with Crippen LogP contribution in [0.15, 0.2) is 54.6 Å². The van der Waals surface area contributed by atoms with Crippen molar-refractivity contribution < 1.29 is 14.5 Å². The Kier molecular flexibility index (Phi) is 6.45. The van der Waals surface area contributed by atoms with E-state index in [0.29, 0.717) is 18.7 Å². The lowest BCUT2D eigenvalue weighted by molar-refractivity contribution is -0.384. The molecule has 6 heteroatoms. The van der Waals surface area contributed by atoms with E-state index in [4.69, 9.17) is 4.74 Å². The molecule has 0 fully saturated rings. The number of rotatable bonds is 8. The Labute approximate surface area is 140 Å². The highest BCUT2D eigenvalue weighted by atomic mass is 16.6. The summed E-state index contributed by atoms with van der Waals surface area (Å²) >= 11 is 0. The Bertz CT molecular complexity index is 688. The molecule has 1 atom stereocenters. The Morgan fingerprint density at radius 1 is 1.21 bits per heavy atom. The van der Waals surface area contributed by atoms with Crippen molar-refractivity contribution in [3.8, 4) is 0 Å². The van der Waals surface area contributed by atoms with Gasteiger partial charge >= 0.3 is 5.97 Å². The largest absolute Gasteiger partial charge is 0.466 e. The normalized spacial score (nSPS) is 11.7. The summed E-state index contributed by atoms with van der Waals surface area (Å²) in [4.78, 5) is 22.4. The number of hydrogen-bond donors (Lipinski definition) is 1. The third-order valence-corrected chi connectivity index (χ3v) is 3.55. The number of benzene rings is 2. The molecule has 0 aliphatic rings. The number of carbonyl (C=O) groups is 1. The number of nitrogens with zero attached hydrogens (tertiary/aromatic N) is 1. The minimum absolute atomic E-state index is 0.00266. The van der Waals surface area contributed by atoms with Gasteiger partial charge in [0.1, 0.15) is 0 Å². The van der Waals surface area contributed by atoms with Crippen molar-refractivity contribution in [2.45, 2.75) is 25.9 Å². The van der Waals surface area contributed by atoms with E-state index in [-0.39, 0.29) is 24.1 Å². The van der Waals surface area contributed by atoms with E-state index in [1.807, 2.05) is 30.3 Å². The number of nitro groups is 1. The van der Waals surface area contributed by atoms with Gasteiger partial charge in [-0.2, -0.15) is 0 Å². The third-order valence-electron chi connectivity index (χ3n) is 3.55. The summed E-state index contributed by atoms with van der Waals surface area (Å²) in [5, 5.41) is 14.3. The average molecular weight is 328 g/mol. The fourth-order valence-corrected chi connectivity index (χ4v) is 2.39. The molecule has 1 N–H and O–H groups in total. The Morgan fingerprint density at radius 3 is 2.62 bits per heavy atom. The molecule has 0 heterocycles. The second-order valence-electron chi connectivity index (χ2n) is 5.28. The molecule has 0 saturated heterocycles. The van der Waals surface area contributed by atoms with Crippen LogP contribution in [0.2, 0.25) is 0 Å². The average Bonchev–Trinajstić information content (AvgIpc) is 2.60. The van der Waals surface area contributed by atoms with E-state index in [2.05, 4.69) is 5.32 Å². The first kappa shape index (κ1) is 17.6. The highest BCUT2D eigenvalue weighted by Crippen LogP contribution is 2.22. The van der Waals surface area contributed by atoms with Crippen molar-refractivity contribution in [3.05, 3.63) is 75.8 Å². The molecule has 0 saturated carbocycles. The second kappa shape index (κ2) is 8.79. The van der Waals surface area contributed by atoms with E-state index in [1.165, 1.54) is 12.1 Å². The van der Waals surface area contributed by atoms with Gasteiger partial charge in [0.05, 0.1) is 18.0 Å². The topological polar surface area (TPSA) is 81.5 Å². The van der Waals surface area contributed by atoms with E-state index >= 15 is 0 Å². The molecule has 2 rings (SSSR count). The van der Waals surface area contributed by atoms with Gasteiger partial charge in [-0.3, -0.25) is 14.9 Å². The fraction of sp³-hybridized carbons (Fsp3) is 0.278. The van der Waals surface area contributed by atoms with Crippen molar-refractivity contribution in [2.24, 2.45) is 0 Å². The van der Waals surface area contributed by atoms with Gasteiger partial charge in [0.25, 0.3) is 5.69 Å². The molecule has 2 aromatic rings. The number of hydrogen-bond acceptors (Lipinski definition) is 5. The molecule has 1 unspecified atom stereocenters. The molecule has 2 aromatic carbocycles. The maximum absolute atomic E-state index is 11.9. The van der Waals surface area contributed by atoms with E-state index in [0.717, 1.165) is 5.56 Å². The molecular weight excluding hydrogens is 308 g/mol. The summed E-state index contributed by atoms with van der Waals surface area (Å²) in [5.74, 6) is -0.338. The Hall–Kier alpha value is -2.73. The van der Waals surface area contributed by atoms with Gasteiger partial charge in [-0.15, -0.1) is 0 Å². The summed E-state index contributed by atoms with van der Waals surface area (Å²) in [7, 11) is 0. The molecule has 126 valence electrons. The lowest BCUT2D eigenvalue weighted by atomic mass is 10.0. The second-order valence-corrected chi connectivity index (χ2v) is 5.28. The van der Waals surface area contributed by atoms with Crippen LogP contribution in [-0.2, 0) is 16.1 Å². The molecule has 0 amide bonds. The number of esters is 1.